The number of carboxylic acid groups (broad SMARTS) is 1. The van der Waals surface area contributed by atoms with E-state index in [-0.39, 0.29) is 6.10 Å². The van der Waals surface area contributed by atoms with Crippen molar-refractivity contribution in [3.8, 4) is 0 Å². The van der Waals surface area contributed by atoms with Crippen LogP contribution in [0, 0.1) is 40.4 Å². The number of aliphatic hydroxyl groups excluding tert-OH is 1. The smallest absolute Gasteiger partial charge is 0.303 e. The molecular formula is C24H40O4. The van der Waals surface area contributed by atoms with Crippen molar-refractivity contribution in [3.05, 3.63) is 0 Å². The van der Waals surface area contributed by atoms with Crippen LogP contribution in [0.1, 0.15) is 84.5 Å². The lowest BCUT2D eigenvalue weighted by molar-refractivity contribution is -0.180. The fourth-order valence-corrected chi connectivity index (χ4v) is 8.51. The second-order valence-corrected chi connectivity index (χ2v) is 11.0. The molecule has 0 bridgehead atoms. The van der Waals surface area contributed by atoms with E-state index in [0.29, 0.717) is 41.1 Å². The van der Waals surface area contributed by atoms with Crippen LogP contribution < -0.4 is 0 Å². The molecule has 9 atom stereocenters. The van der Waals surface area contributed by atoms with E-state index in [1.807, 2.05) is 7.11 Å². The van der Waals surface area contributed by atoms with Gasteiger partial charge in [-0.05, 0) is 105 Å². The Balaban J connectivity index is 1.55. The molecule has 4 aliphatic rings. The molecule has 0 aromatic heterocycles. The Morgan fingerprint density at radius 3 is 2.46 bits per heavy atom. The number of ether oxygens (including phenoxy) is 1. The molecule has 4 aliphatic carbocycles. The topological polar surface area (TPSA) is 66.8 Å². The van der Waals surface area contributed by atoms with Gasteiger partial charge in [0.05, 0.1) is 12.2 Å². The number of carbonyl (C=O) groups is 1. The summed E-state index contributed by atoms with van der Waals surface area (Å²) in [6, 6.07) is 0. The quantitative estimate of drug-likeness (QED) is 0.699. The molecule has 4 fully saturated rings. The molecule has 160 valence electrons. The maximum atomic E-state index is 11.0. The van der Waals surface area contributed by atoms with E-state index in [9.17, 15) is 9.90 Å². The molecule has 4 heteroatoms. The van der Waals surface area contributed by atoms with E-state index in [4.69, 9.17) is 9.84 Å². The lowest BCUT2D eigenvalue weighted by Crippen LogP contribution is -2.58. The first kappa shape index (κ1) is 20.7. The summed E-state index contributed by atoms with van der Waals surface area (Å²) in [5.74, 6) is 2.70. The minimum absolute atomic E-state index is 0.119. The molecule has 0 aromatic rings. The monoisotopic (exact) mass is 392 g/mol. The number of aliphatic carboxylic acids is 1. The van der Waals surface area contributed by atoms with E-state index < -0.39 is 5.97 Å². The van der Waals surface area contributed by atoms with Crippen LogP contribution in [0.3, 0.4) is 0 Å². The number of rotatable bonds is 5. The van der Waals surface area contributed by atoms with Crippen LogP contribution in [-0.2, 0) is 9.53 Å². The highest BCUT2D eigenvalue weighted by atomic mass is 16.5. The Morgan fingerprint density at radius 2 is 1.75 bits per heavy atom. The predicted octanol–water partition coefficient (Wildman–Crippen LogP) is 4.89. The van der Waals surface area contributed by atoms with E-state index in [1.165, 1.54) is 32.1 Å². The summed E-state index contributed by atoms with van der Waals surface area (Å²) in [7, 11) is 1.90. The molecule has 0 radical (unpaired) electrons. The van der Waals surface area contributed by atoms with Gasteiger partial charge in [-0.1, -0.05) is 13.8 Å². The van der Waals surface area contributed by atoms with E-state index >= 15 is 0 Å². The summed E-state index contributed by atoms with van der Waals surface area (Å²) < 4.78 is 6.13. The van der Waals surface area contributed by atoms with Gasteiger partial charge in [0, 0.05) is 13.5 Å². The normalized spacial score (nSPS) is 50.5. The Bertz CT molecular complexity index is 591. The summed E-state index contributed by atoms with van der Waals surface area (Å²) in [6.07, 6.45) is 11.7. The molecule has 4 nitrogen and oxygen atoms in total. The maximum absolute atomic E-state index is 11.0. The van der Waals surface area contributed by atoms with Crippen LogP contribution in [0.4, 0.5) is 0 Å². The van der Waals surface area contributed by atoms with Gasteiger partial charge < -0.3 is 14.9 Å². The second kappa shape index (κ2) is 7.58. The number of carboxylic acids is 1. The molecule has 0 spiro atoms. The lowest BCUT2D eigenvalue weighted by atomic mass is 9.44. The van der Waals surface area contributed by atoms with Crippen molar-refractivity contribution in [1.82, 2.24) is 0 Å². The van der Waals surface area contributed by atoms with Gasteiger partial charge in [-0.25, -0.2) is 0 Å². The Morgan fingerprint density at radius 1 is 1.04 bits per heavy atom. The number of fused-ring (bicyclic) bond motifs is 5. The van der Waals surface area contributed by atoms with Crippen molar-refractivity contribution >= 4 is 5.97 Å². The summed E-state index contributed by atoms with van der Waals surface area (Å²) >= 11 is 0. The van der Waals surface area contributed by atoms with Gasteiger partial charge in [0.1, 0.15) is 0 Å². The largest absolute Gasteiger partial charge is 0.481 e. The molecule has 0 aromatic carbocycles. The van der Waals surface area contributed by atoms with Crippen molar-refractivity contribution in [1.29, 1.82) is 0 Å². The maximum Gasteiger partial charge on any atom is 0.303 e. The summed E-state index contributed by atoms with van der Waals surface area (Å²) in [5.41, 5.74) is 0.718. The van der Waals surface area contributed by atoms with Gasteiger partial charge in [0.15, 0.2) is 0 Å². The second-order valence-electron chi connectivity index (χ2n) is 11.0. The van der Waals surface area contributed by atoms with Crippen molar-refractivity contribution in [2.24, 2.45) is 40.4 Å². The molecule has 0 unspecified atom stereocenters. The molecule has 0 aliphatic heterocycles. The van der Waals surface area contributed by atoms with Gasteiger partial charge in [-0.2, -0.15) is 0 Å². The van der Waals surface area contributed by atoms with Gasteiger partial charge in [-0.3, -0.25) is 4.79 Å². The number of methoxy groups -OCH3 is 1. The number of hydrogen-bond donors (Lipinski definition) is 2. The molecule has 4 saturated carbocycles. The number of aliphatic hydroxyl groups is 1. The summed E-state index contributed by atoms with van der Waals surface area (Å²) in [4.78, 5) is 11.0. The molecular weight excluding hydrogens is 352 g/mol. The number of hydrogen-bond acceptors (Lipinski definition) is 3. The first-order valence-electron chi connectivity index (χ1n) is 11.7. The average Bonchev–Trinajstić information content (AvgIpc) is 2.98. The molecule has 0 heterocycles. The van der Waals surface area contributed by atoms with Crippen LogP contribution in [0.2, 0.25) is 0 Å². The van der Waals surface area contributed by atoms with Gasteiger partial charge in [0.2, 0.25) is 0 Å². The zero-order valence-electron chi connectivity index (χ0n) is 18.0. The fourth-order valence-electron chi connectivity index (χ4n) is 8.51. The Hall–Kier alpha value is -0.610. The zero-order chi connectivity index (χ0) is 20.1. The predicted molar refractivity (Wildman–Crippen MR) is 109 cm³/mol. The third kappa shape index (κ3) is 3.23. The van der Waals surface area contributed by atoms with Crippen LogP contribution >= 0.6 is 0 Å². The third-order valence-corrected chi connectivity index (χ3v) is 10.1. The SMILES string of the molecule is CO[C@H]1C[C@@H]2C[C@H](O)CC[C@]2(C)[C@H]2CC[C@]3(C)[C@@H](CCCC(=O)O)CC[C@H]3[C@H]12. The van der Waals surface area contributed by atoms with Crippen LogP contribution in [-0.4, -0.2) is 35.5 Å². The van der Waals surface area contributed by atoms with Crippen LogP contribution in [0.25, 0.3) is 0 Å². The summed E-state index contributed by atoms with van der Waals surface area (Å²) in [6.45, 7) is 5.03. The van der Waals surface area contributed by atoms with Crippen LogP contribution in [0.15, 0.2) is 0 Å². The fraction of sp³-hybridized carbons (Fsp3) is 0.958. The van der Waals surface area contributed by atoms with Crippen molar-refractivity contribution in [2.75, 3.05) is 7.11 Å². The average molecular weight is 393 g/mol. The van der Waals surface area contributed by atoms with Crippen molar-refractivity contribution in [3.63, 3.8) is 0 Å². The van der Waals surface area contributed by atoms with Gasteiger partial charge >= 0.3 is 5.97 Å². The molecule has 28 heavy (non-hydrogen) atoms. The zero-order valence-corrected chi connectivity index (χ0v) is 18.0. The highest BCUT2D eigenvalue weighted by Crippen LogP contribution is 2.68. The Kier molecular flexibility index (Phi) is 5.59. The minimum Gasteiger partial charge on any atom is -0.481 e. The highest BCUT2D eigenvalue weighted by molar-refractivity contribution is 5.66. The van der Waals surface area contributed by atoms with Gasteiger partial charge in [-0.15, -0.1) is 0 Å². The van der Waals surface area contributed by atoms with E-state index in [1.54, 1.807) is 0 Å². The van der Waals surface area contributed by atoms with E-state index in [0.717, 1.165) is 43.9 Å². The first-order valence-corrected chi connectivity index (χ1v) is 11.7. The Labute approximate surface area is 170 Å². The summed E-state index contributed by atoms with van der Waals surface area (Å²) in [5, 5.41) is 19.3. The standard InChI is InChI=1S/C24H40O4/c1-23-12-10-19-22(18(23)8-7-15(23)5-4-6-21(26)27)20(28-3)14-16-13-17(25)9-11-24(16,19)2/h15-20,22,25H,4-14H2,1-3H3,(H,26,27)/t15-,16-,17+,18-,19-,20-,22-,23+,24-/m0/s1. The molecule has 2 N–H and O–H groups in total. The third-order valence-electron chi connectivity index (χ3n) is 10.1. The first-order chi connectivity index (χ1) is 13.3. The highest BCUT2D eigenvalue weighted by Gasteiger charge is 2.62. The van der Waals surface area contributed by atoms with Crippen molar-refractivity contribution in [2.45, 2.75) is 96.7 Å². The van der Waals surface area contributed by atoms with E-state index in [2.05, 4.69) is 13.8 Å². The lowest BCUT2D eigenvalue weighted by Gasteiger charge is -2.62. The molecule has 0 saturated heterocycles. The van der Waals surface area contributed by atoms with Gasteiger partial charge in [0.25, 0.3) is 0 Å². The molecule has 0 amide bonds. The minimum atomic E-state index is -0.659. The van der Waals surface area contributed by atoms with Crippen molar-refractivity contribution < 1.29 is 19.7 Å². The molecule has 4 rings (SSSR count). The van der Waals surface area contributed by atoms with Crippen LogP contribution in [0.5, 0.6) is 0 Å².